The van der Waals surface area contributed by atoms with Crippen LogP contribution < -0.4 is 5.32 Å². The van der Waals surface area contributed by atoms with Crippen molar-refractivity contribution in [2.45, 2.75) is 31.7 Å². The molecule has 0 saturated carbocycles. The minimum absolute atomic E-state index is 0.530. The fourth-order valence-corrected chi connectivity index (χ4v) is 3.28. The summed E-state index contributed by atoms with van der Waals surface area (Å²) in [5.74, 6) is 0. The highest BCUT2D eigenvalue weighted by Gasteiger charge is 2.22. The Balaban J connectivity index is 2.14. The Morgan fingerprint density at radius 1 is 1.60 bits per heavy atom. The third kappa shape index (κ3) is 2.38. The molecule has 1 aromatic heterocycles. The summed E-state index contributed by atoms with van der Waals surface area (Å²) in [7, 11) is 3.78. The quantitative estimate of drug-likeness (QED) is 0.852. The third-order valence-corrected chi connectivity index (χ3v) is 4.13. The maximum absolute atomic E-state index is 5.08. The van der Waals surface area contributed by atoms with Gasteiger partial charge in [-0.3, -0.25) is 0 Å². The number of fused-ring (bicyclic) bond motifs is 1. The summed E-state index contributed by atoms with van der Waals surface area (Å²) < 4.78 is 5.08. The molecule has 0 bridgehead atoms. The maximum atomic E-state index is 5.08. The number of methoxy groups -OCH3 is 1. The Kier molecular flexibility index (Phi) is 3.72. The molecule has 4 heteroatoms. The molecule has 0 aromatic carbocycles. The van der Waals surface area contributed by atoms with Crippen molar-refractivity contribution in [2.75, 3.05) is 20.8 Å². The topological polar surface area (TPSA) is 34.2 Å². The van der Waals surface area contributed by atoms with Gasteiger partial charge in [0.1, 0.15) is 0 Å². The minimum Gasteiger partial charge on any atom is -0.384 e. The van der Waals surface area contributed by atoms with Crippen LogP contribution in [0, 0.1) is 0 Å². The lowest BCUT2D eigenvalue weighted by Crippen LogP contribution is -2.19. The zero-order valence-corrected chi connectivity index (χ0v) is 10.2. The lowest BCUT2D eigenvalue weighted by molar-refractivity contribution is 0.202. The van der Waals surface area contributed by atoms with E-state index in [0.29, 0.717) is 6.04 Å². The van der Waals surface area contributed by atoms with Crippen molar-refractivity contribution in [3.05, 3.63) is 15.6 Å². The summed E-state index contributed by atoms with van der Waals surface area (Å²) in [4.78, 5) is 6.14. The van der Waals surface area contributed by atoms with Crippen molar-refractivity contribution >= 4 is 11.3 Å². The lowest BCUT2D eigenvalue weighted by atomic mass is 9.98. The van der Waals surface area contributed by atoms with Crippen LogP contribution in [0.1, 0.15) is 34.5 Å². The monoisotopic (exact) mass is 226 g/mol. The largest absolute Gasteiger partial charge is 0.384 e. The van der Waals surface area contributed by atoms with Crippen molar-refractivity contribution in [2.24, 2.45) is 0 Å². The number of hydrogen-bond acceptors (Lipinski definition) is 4. The first-order valence-corrected chi connectivity index (χ1v) is 6.31. The summed E-state index contributed by atoms with van der Waals surface area (Å²) in [6.07, 6.45) is 4.60. The highest BCUT2D eigenvalue weighted by Crippen LogP contribution is 2.33. The number of aromatic nitrogens is 1. The predicted molar refractivity (Wildman–Crippen MR) is 62.4 cm³/mol. The normalized spacial score (nSPS) is 20.3. The van der Waals surface area contributed by atoms with Gasteiger partial charge in [-0.05, 0) is 26.3 Å². The number of aryl methyl sites for hydroxylation is 1. The first kappa shape index (κ1) is 11.0. The number of thiazole rings is 1. The molecule has 0 saturated heterocycles. The summed E-state index contributed by atoms with van der Waals surface area (Å²) in [6, 6.07) is 0.530. The Labute approximate surface area is 94.9 Å². The van der Waals surface area contributed by atoms with Crippen LogP contribution in [-0.2, 0) is 17.6 Å². The first-order chi connectivity index (χ1) is 7.35. The molecular weight excluding hydrogens is 208 g/mol. The van der Waals surface area contributed by atoms with Gasteiger partial charge in [-0.2, -0.15) is 0 Å². The molecule has 1 atom stereocenters. The van der Waals surface area contributed by atoms with Crippen LogP contribution in [0.4, 0.5) is 0 Å². The number of hydrogen-bond donors (Lipinski definition) is 1. The molecule has 0 radical (unpaired) electrons. The van der Waals surface area contributed by atoms with Crippen LogP contribution in [0.3, 0.4) is 0 Å². The van der Waals surface area contributed by atoms with E-state index in [0.717, 1.165) is 19.4 Å². The summed E-state index contributed by atoms with van der Waals surface area (Å²) in [6.45, 7) is 0.774. The second kappa shape index (κ2) is 5.05. The molecular formula is C11H18N2OS. The molecule has 0 spiro atoms. The fraction of sp³-hybridized carbons (Fsp3) is 0.727. The second-order valence-electron chi connectivity index (χ2n) is 3.89. The van der Waals surface area contributed by atoms with Gasteiger partial charge in [0.25, 0.3) is 0 Å². The zero-order valence-electron chi connectivity index (χ0n) is 9.38. The molecule has 1 heterocycles. The highest BCUT2D eigenvalue weighted by atomic mass is 32.1. The number of rotatable bonds is 4. The molecule has 1 N–H and O–H groups in total. The molecule has 84 valence electrons. The van der Waals surface area contributed by atoms with E-state index in [1.807, 2.05) is 18.4 Å². The van der Waals surface area contributed by atoms with Gasteiger partial charge >= 0.3 is 0 Å². The number of ether oxygens (including phenoxy) is 1. The van der Waals surface area contributed by atoms with Gasteiger partial charge in [0.05, 0.1) is 17.3 Å². The van der Waals surface area contributed by atoms with Crippen LogP contribution in [-0.4, -0.2) is 25.7 Å². The predicted octanol–water partition coefficient (Wildman–Crippen LogP) is 1.93. The van der Waals surface area contributed by atoms with E-state index >= 15 is 0 Å². The van der Waals surface area contributed by atoms with E-state index in [1.165, 1.54) is 28.4 Å². The molecule has 1 aliphatic rings. The molecule has 0 aliphatic heterocycles. The Morgan fingerprint density at radius 2 is 2.47 bits per heavy atom. The average molecular weight is 226 g/mol. The standard InChI is InChI=1S/C11H18N2OS/c1-12-8-4-3-5-9-11(8)15-10(13-9)6-7-14-2/h8,12H,3-7H2,1-2H3. The third-order valence-electron chi connectivity index (χ3n) is 2.86. The summed E-state index contributed by atoms with van der Waals surface area (Å²) in [5.41, 5.74) is 1.32. The van der Waals surface area contributed by atoms with Crippen LogP contribution in [0.2, 0.25) is 0 Å². The van der Waals surface area contributed by atoms with Crippen LogP contribution >= 0.6 is 11.3 Å². The Morgan fingerprint density at radius 3 is 3.20 bits per heavy atom. The molecule has 1 unspecified atom stereocenters. The Bertz CT molecular complexity index is 324. The molecule has 1 aromatic rings. The second-order valence-corrected chi connectivity index (χ2v) is 5.01. The summed E-state index contributed by atoms with van der Waals surface area (Å²) >= 11 is 1.85. The van der Waals surface area contributed by atoms with Gasteiger partial charge in [-0.1, -0.05) is 0 Å². The van der Waals surface area contributed by atoms with Gasteiger partial charge in [-0.15, -0.1) is 11.3 Å². The van der Waals surface area contributed by atoms with E-state index in [9.17, 15) is 0 Å². The Hall–Kier alpha value is -0.450. The van der Waals surface area contributed by atoms with Crippen molar-refractivity contribution in [3.8, 4) is 0 Å². The summed E-state index contributed by atoms with van der Waals surface area (Å²) in [5, 5.41) is 4.59. The van der Waals surface area contributed by atoms with E-state index < -0.39 is 0 Å². The van der Waals surface area contributed by atoms with Crippen molar-refractivity contribution in [1.82, 2.24) is 10.3 Å². The molecule has 2 rings (SSSR count). The number of nitrogens with zero attached hydrogens (tertiary/aromatic N) is 1. The minimum atomic E-state index is 0.530. The SMILES string of the molecule is CNC1CCCc2nc(CCOC)sc21. The maximum Gasteiger partial charge on any atom is 0.0954 e. The first-order valence-electron chi connectivity index (χ1n) is 5.50. The van der Waals surface area contributed by atoms with Gasteiger partial charge in [0, 0.05) is 24.4 Å². The lowest BCUT2D eigenvalue weighted by Gasteiger charge is -2.20. The molecule has 3 nitrogen and oxygen atoms in total. The molecule has 0 amide bonds. The average Bonchev–Trinajstić information content (AvgIpc) is 2.68. The van der Waals surface area contributed by atoms with Crippen LogP contribution in [0.5, 0.6) is 0 Å². The van der Waals surface area contributed by atoms with Crippen LogP contribution in [0.25, 0.3) is 0 Å². The highest BCUT2D eigenvalue weighted by molar-refractivity contribution is 7.11. The van der Waals surface area contributed by atoms with Crippen molar-refractivity contribution in [1.29, 1.82) is 0 Å². The van der Waals surface area contributed by atoms with Crippen molar-refractivity contribution < 1.29 is 4.74 Å². The van der Waals surface area contributed by atoms with Gasteiger partial charge in [0.15, 0.2) is 0 Å². The van der Waals surface area contributed by atoms with Crippen molar-refractivity contribution in [3.63, 3.8) is 0 Å². The van der Waals surface area contributed by atoms with Gasteiger partial charge < -0.3 is 10.1 Å². The number of nitrogens with one attached hydrogen (secondary N) is 1. The molecule has 1 aliphatic carbocycles. The molecule has 0 fully saturated rings. The van der Waals surface area contributed by atoms with E-state index in [2.05, 4.69) is 10.3 Å². The van der Waals surface area contributed by atoms with E-state index in [-0.39, 0.29) is 0 Å². The van der Waals surface area contributed by atoms with Gasteiger partial charge in [0.2, 0.25) is 0 Å². The zero-order chi connectivity index (χ0) is 10.7. The smallest absolute Gasteiger partial charge is 0.0954 e. The van der Waals surface area contributed by atoms with E-state index in [1.54, 1.807) is 7.11 Å². The van der Waals surface area contributed by atoms with E-state index in [4.69, 9.17) is 4.74 Å². The fourth-order valence-electron chi connectivity index (χ4n) is 2.04. The molecule has 15 heavy (non-hydrogen) atoms. The van der Waals surface area contributed by atoms with Crippen LogP contribution in [0.15, 0.2) is 0 Å². The van der Waals surface area contributed by atoms with Gasteiger partial charge in [-0.25, -0.2) is 4.98 Å².